The zero-order valence-corrected chi connectivity index (χ0v) is 11.7. The molecule has 1 N–H and O–H groups in total. The lowest BCUT2D eigenvalue weighted by molar-refractivity contribution is -0.135. The quantitative estimate of drug-likeness (QED) is 0.528. The highest BCUT2D eigenvalue weighted by Gasteiger charge is 2.06. The maximum Gasteiger partial charge on any atom is 0.354 e. The van der Waals surface area contributed by atoms with Crippen molar-refractivity contribution >= 4 is 33.3 Å². The maximum atomic E-state index is 11.3. The first-order chi connectivity index (χ1) is 8.04. The van der Waals surface area contributed by atoms with Gasteiger partial charge in [0.2, 0.25) is 0 Å². The van der Waals surface area contributed by atoms with E-state index < -0.39 is 5.97 Å². The molecule has 0 fully saturated rings. The fourth-order valence-electron chi connectivity index (χ4n) is 1.18. The third-order valence-electron chi connectivity index (χ3n) is 2.10. The van der Waals surface area contributed by atoms with E-state index in [0.717, 1.165) is 15.7 Å². The summed E-state index contributed by atoms with van der Waals surface area (Å²) in [5, 5.41) is 3.98. The Balaban J connectivity index is 2.72. The van der Waals surface area contributed by atoms with E-state index in [2.05, 4.69) is 26.5 Å². The number of hydrogen-bond donors (Lipinski definition) is 1. The number of esters is 1. The van der Waals surface area contributed by atoms with Gasteiger partial charge >= 0.3 is 5.97 Å². The van der Waals surface area contributed by atoms with E-state index in [1.54, 1.807) is 13.8 Å². The van der Waals surface area contributed by atoms with Crippen LogP contribution in [0.15, 0.2) is 27.8 Å². The average Bonchev–Trinajstić information content (AvgIpc) is 2.27. The number of benzene rings is 1. The molecular weight excluding hydrogens is 284 g/mol. The van der Waals surface area contributed by atoms with Gasteiger partial charge in [0.05, 0.1) is 12.3 Å². The SMILES string of the molecule is CCOC(=O)/C(C)=N/Nc1ccc(Br)cc1C. The Kier molecular flexibility index (Phi) is 5.15. The highest BCUT2D eigenvalue weighted by Crippen LogP contribution is 2.19. The number of halogens is 1. The van der Waals surface area contributed by atoms with Gasteiger partial charge in [-0.05, 0) is 44.5 Å². The first-order valence-corrected chi connectivity index (χ1v) is 6.07. The second kappa shape index (κ2) is 6.39. The van der Waals surface area contributed by atoms with Crippen LogP contribution >= 0.6 is 15.9 Å². The third kappa shape index (κ3) is 4.19. The van der Waals surface area contributed by atoms with Gasteiger partial charge in [0.1, 0.15) is 5.71 Å². The fourth-order valence-corrected chi connectivity index (χ4v) is 1.65. The third-order valence-corrected chi connectivity index (χ3v) is 2.60. The molecular formula is C12H15BrN2O2. The molecule has 0 radical (unpaired) electrons. The molecule has 1 rings (SSSR count). The van der Waals surface area contributed by atoms with E-state index in [9.17, 15) is 4.79 Å². The Morgan fingerprint density at radius 1 is 1.53 bits per heavy atom. The van der Waals surface area contributed by atoms with Crippen molar-refractivity contribution in [2.75, 3.05) is 12.0 Å². The first kappa shape index (κ1) is 13.7. The van der Waals surface area contributed by atoms with Crippen LogP contribution in [0.5, 0.6) is 0 Å². The second-order valence-electron chi connectivity index (χ2n) is 3.49. The molecule has 0 aliphatic carbocycles. The van der Waals surface area contributed by atoms with E-state index in [4.69, 9.17) is 4.74 Å². The summed E-state index contributed by atoms with van der Waals surface area (Å²) in [6, 6.07) is 5.77. The van der Waals surface area contributed by atoms with Crippen molar-refractivity contribution in [2.45, 2.75) is 20.8 Å². The molecule has 0 spiro atoms. The number of hydrazone groups is 1. The largest absolute Gasteiger partial charge is 0.461 e. The van der Waals surface area contributed by atoms with Crippen LogP contribution in [0.3, 0.4) is 0 Å². The predicted molar refractivity (Wildman–Crippen MR) is 72.2 cm³/mol. The highest BCUT2D eigenvalue weighted by molar-refractivity contribution is 9.10. The Morgan fingerprint density at radius 3 is 2.82 bits per heavy atom. The molecule has 0 amide bonds. The number of anilines is 1. The zero-order chi connectivity index (χ0) is 12.8. The van der Waals surface area contributed by atoms with E-state index >= 15 is 0 Å². The summed E-state index contributed by atoms with van der Waals surface area (Å²) in [4.78, 5) is 11.3. The molecule has 0 aromatic heterocycles. The molecule has 0 atom stereocenters. The number of rotatable bonds is 4. The van der Waals surface area contributed by atoms with E-state index in [-0.39, 0.29) is 0 Å². The van der Waals surface area contributed by atoms with Gasteiger partial charge in [0.15, 0.2) is 0 Å². The number of carbonyl (C=O) groups excluding carboxylic acids is 1. The fraction of sp³-hybridized carbons (Fsp3) is 0.333. The summed E-state index contributed by atoms with van der Waals surface area (Å²) in [5.74, 6) is -0.408. The highest BCUT2D eigenvalue weighted by atomic mass is 79.9. The van der Waals surface area contributed by atoms with Crippen molar-refractivity contribution in [2.24, 2.45) is 5.10 Å². The first-order valence-electron chi connectivity index (χ1n) is 5.28. The van der Waals surface area contributed by atoms with Gasteiger partial charge in [-0.3, -0.25) is 5.43 Å². The average molecular weight is 299 g/mol. The van der Waals surface area contributed by atoms with Gasteiger partial charge in [-0.15, -0.1) is 0 Å². The van der Waals surface area contributed by atoms with Crippen LogP contribution in [0.4, 0.5) is 5.69 Å². The molecule has 0 unspecified atom stereocenters. The van der Waals surface area contributed by atoms with Crippen molar-refractivity contribution < 1.29 is 9.53 Å². The lowest BCUT2D eigenvalue weighted by Crippen LogP contribution is -2.15. The summed E-state index contributed by atoms with van der Waals surface area (Å²) < 4.78 is 5.83. The Bertz CT molecular complexity index is 444. The van der Waals surface area contributed by atoms with Gasteiger partial charge < -0.3 is 4.74 Å². The summed E-state index contributed by atoms with van der Waals surface area (Å²) in [6.45, 7) is 5.68. The normalized spacial score (nSPS) is 11.2. The van der Waals surface area contributed by atoms with Gasteiger partial charge in [0, 0.05) is 4.47 Å². The topological polar surface area (TPSA) is 50.7 Å². The van der Waals surface area contributed by atoms with Gasteiger partial charge in [-0.25, -0.2) is 4.79 Å². The zero-order valence-electron chi connectivity index (χ0n) is 10.1. The molecule has 92 valence electrons. The minimum Gasteiger partial charge on any atom is -0.461 e. The number of aryl methyl sites for hydroxylation is 1. The van der Waals surface area contributed by atoms with Crippen molar-refractivity contribution in [3.8, 4) is 0 Å². The Hall–Kier alpha value is -1.36. The smallest absolute Gasteiger partial charge is 0.354 e. The molecule has 0 aliphatic rings. The van der Waals surface area contributed by atoms with Crippen LogP contribution in [0.1, 0.15) is 19.4 Å². The summed E-state index contributed by atoms with van der Waals surface area (Å²) >= 11 is 3.38. The molecule has 4 nitrogen and oxygen atoms in total. The second-order valence-corrected chi connectivity index (χ2v) is 4.40. The van der Waals surface area contributed by atoms with Gasteiger partial charge in [0.25, 0.3) is 0 Å². The molecule has 0 bridgehead atoms. The summed E-state index contributed by atoms with van der Waals surface area (Å²) in [7, 11) is 0. The van der Waals surface area contributed by atoms with Crippen LogP contribution in [0.2, 0.25) is 0 Å². The minimum absolute atomic E-state index is 0.300. The van der Waals surface area contributed by atoms with Crippen LogP contribution in [0, 0.1) is 6.92 Å². The van der Waals surface area contributed by atoms with E-state index in [1.807, 2.05) is 25.1 Å². The Morgan fingerprint density at radius 2 is 2.24 bits per heavy atom. The lowest BCUT2D eigenvalue weighted by atomic mass is 10.2. The number of ether oxygens (including phenoxy) is 1. The molecule has 1 aromatic carbocycles. The van der Waals surface area contributed by atoms with Crippen LogP contribution in [-0.4, -0.2) is 18.3 Å². The Labute approximate surface area is 109 Å². The van der Waals surface area contributed by atoms with Gasteiger partial charge in [-0.2, -0.15) is 5.10 Å². The molecule has 0 heterocycles. The minimum atomic E-state index is -0.408. The maximum absolute atomic E-state index is 11.3. The lowest BCUT2D eigenvalue weighted by Gasteiger charge is -2.06. The molecule has 0 saturated carbocycles. The number of hydrogen-bond acceptors (Lipinski definition) is 4. The molecule has 1 aromatic rings. The van der Waals surface area contributed by atoms with E-state index in [0.29, 0.717) is 12.3 Å². The van der Waals surface area contributed by atoms with Crippen molar-refractivity contribution in [3.05, 3.63) is 28.2 Å². The van der Waals surface area contributed by atoms with E-state index in [1.165, 1.54) is 0 Å². The van der Waals surface area contributed by atoms with Gasteiger partial charge in [-0.1, -0.05) is 15.9 Å². The van der Waals surface area contributed by atoms with Crippen LogP contribution in [-0.2, 0) is 9.53 Å². The van der Waals surface area contributed by atoms with Crippen molar-refractivity contribution in [1.82, 2.24) is 0 Å². The monoisotopic (exact) mass is 298 g/mol. The van der Waals surface area contributed by atoms with Crippen molar-refractivity contribution in [3.63, 3.8) is 0 Å². The van der Waals surface area contributed by atoms with Crippen LogP contribution < -0.4 is 5.43 Å². The summed E-state index contributed by atoms with van der Waals surface area (Å²) in [6.07, 6.45) is 0. The standard InChI is InChI=1S/C12H15BrN2O2/c1-4-17-12(16)9(3)14-15-11-6-5-10(13)7-8(11)2/h5-7,15H,4H2,1-3H3/b14-9+. The van der Waals surface area contributed by atoms with Crippen LogP contribution in [0.25, 0.3) is 0 Å². The molecule has 5 heteroatoms. The van der Waals surface area contributed by atoms with Crippen molar-refractivity contribution in [1.29, 1.82) is 0 Å². The number of nitrogens with zero attached hydrogens (tertiary/aromatic N) is 1. The number of carbonyl (C=O) groups is 1. The molecule has 17 heavy (non-hydrogen) atoms. The molecule has 0 saturated heterocycles. The summed E-state index contributed by atoms with van der Waals surface area (Å²) in [5.41, 5.74) is 5.05. The number of nitrogens with one attached hydrogen (secondary N) is 1. The predicted octanol–water partition coefficient (Wildman–Crippen LogP) is 3.11. The molecule has 0 aliphatic heterocycles.